The van der Waals surface area contributed by atoms with Gasteiger partial charge in [0, 0.05) is 22.4 Å². The van der Waals surface area contributed by atoms with Crippen molar-refractivity contribution in [3.05, 3.63) is 57.9 Å². The van der Waals surface area contributed by atoms with E-state index >= 15 is 0 Å². The number of carbonyl (C=O) groups is 2. The lowest BCUT2D eigenvalue weighted by atomic mass is 10.1. The molecule has 1 aromatic carbocycles. The van der Waals surface area contributed by atoms with Crippen molar-refractivity contribution in [1.82, 2.24) is 9.78 Å². The van der Waals surface area contributed by atoms with Crippen molar-refractivity contribution in [3.63, 3.8) is 0 Å². The third kappa shape index (κ3) is 4.70. The highest BCUT2D eigenvalue weighted by molar-refractivity contribution is 6.31. The number of carbonyl (C=O) groups excluding carboxylic acids is 2. The van der Waals surface area contributed by atoms with Crippen LogP contribution in [-0.4, -0.2) is 27.8 Å². The van der Waals surface area contributed by atoms with Crippen molar-refractivity contribution >= 4 is 29.6 Å². The summed E-state index contributed by atoms with van der Waals surface area (Å²) < 4.78 is 6.71. The second-order valence-electron chi connectivity index (χ2n) is 5.65. The van der Waals surface area contributed by atoms with Crippen LogP contribution in [0.3, 0.4) is 0 Å². The molecule has 7 heteroatoms. The van der Waals surface area contributed by atoms with Crippen LogP contribution in [0.25, 0.3) is 6.08 Å². The lowest BCUT2D eigenvalue weighted by Crippen LogP contribution is -2.29. The number of esters is 1. The van der Waals surface area contributed by atoms with Gasteiger partial charge in [-0.25, -0.2) is 4.79 Å². The summed E-state index contributed by atoms with van der Waals surface area (Å²) in [5, 5.41) is 5.17. The van der Waals surface area contributed by atoms with Crippen molar-refractivity contribution in [2.75, 3.05) is 0 Å². The number of benzene rings is 1. The molecule has 132 valence electrons. The zero-order chi connectivity index (χ0) is 18.6. The zero-order valence-corrected chi connectivity index (χ0v) is 15.1. The number of nitrogens with zero attached hydrogens (tertiary/aromatic N) is 2. The van der Waals surface area contributed by atoms with Gasteiger partial charge in [-0.05, 0) is 38.5 Å². The lowest BCUT2D eigenvalue weighted by molar-refractivity contribution is -0.148. The van der Waals surface area contributed by atoms with Gasteiger partial charge < -0.3 is 10.5 Å². The summed E-state index contributed by atoms with van der Waals surface area (Å²) in [5.41, 5.74) is 8.51. The van der Waals surface area contributed by atoms with Gasteiger partial charge in [-0.3, -0.25) is 9.48 Å². The van der Waals surface area contributed by atoms with Gasteiger partial charge in [0.2, 0.25) is 0 Å². The van der Waals surface area contributed by atoms with Crippen molar-refractivity contribution in [2.45, 2.75) is 33.4 Å². The molecular formula is C18H20ClN3O3. The summed E-state index contributed by atoms with van der Waals surface area (Å²) in [6.07, 6.45) is 1.91. The molecule has 2 rings (SSSR count). The van der Waals surface area contributed by atoms with Gasteiger partial charge >= 0.3 is 5.97 Å². The molecule has 0 saturated carbocycles. The van der Waals surface area contributed by atoms with Crippen LogP contribution in [0.5, 0.6) is 0 Å². The minimum atomic E-state index is -0.970. The second kappa shape index (κ2) is 7.98. The molecule has 2 aromatic rings. The Balaban J connectivity index is 2.16. The summed E-state index contributed by atoms with van der Waals surface area (Å²) in [4.78, 5) is 22.7. The average Bonchev–Trinajstić information content (AvgIpc) is 2.81. The number of primary amides is 1. The van der Waals surface area contributed by atoms with Crippen LogP contribution in [0, 0.1) is 13.8 Å². The van der Waals surface area contributed by atoms with E-state index in [0.29, 0.717) is 11.6 Å². The third-order valence-electron chi connectivity index (χ3n) is 3.80. The maximum absolute atomic E-state index is 11.7. The van der Waals surface area contributed by atoms with E-state index in [4.69, 9.17) is 22.1 Å². The predicted octanol–water partition coefficient (Wildman–Crippen LogP) is 2.63. The Labute approximate surface area is 151 Å². The van der Waals surface area contributed by atoms with E-state index in [9.17, 15) is 9.59 Å². The van der Waals surface area contributed by atoms with E-state index < -0.39 is 18.0 Å². The van der Waals surface area contributed by atoms with Crippen LogP contribution >= 0.6 is 11.6 Å². The van der Waals surface area contributed by atoms with E-state index in [1.807, 2.05) is 42.8 Å². The van der Waals surface area contributed by atoms with Crippen molar-refractivity contribution in [1.29, 1.82) is 0 Å². The minimum Gasteiger partial charge on any atom is -0.449 e. The molecule has 1 amide bonds. The number of aryl methyl sites for hydroxylation is 1. The van der Waals surface area contributed by atoms with Crippen LogP contribution in [0.15, 0.2) is 30.3 Å². The first kappa shape index (κ1) is 18.7. The average molecular weight is 362 g/mol. The van der Waals surface area contributed by atoms with E-state index in [1.54, 1.807) is 6.08 Å². The van der Waals surface area contributed by atoms with Gasteiger partial charge in [-0.2, -0.15) is 5.10 Å². The number of rotatable bonds is 6. The molecule has 0 aliphatic carbocycles. The Bertz CT molecular complexity index is 827. The Morgan fingerprint density at radius 3 is 2.68 bits per heavy atom. The van der Waals surface area contributed by atoms with Gasteiger partial charge in [-0.1, -0.05) is 29.8 Å². The Kier molecular flexibility index (Phi) is 5.98. The molecule has 25 heavy (non-hydrogen) atoms. The number of nitrogens with two attached hydrogens (primary N) is 1. The quantitative estimate of drug-likeness (QED) is 0.633. The lowest BCUT2D eigenvalue weighted by Gasteiger charge is -2.07. The van der Waals surface area contributed by atoms with Gasteiger partial charge in [0.1, 0.15) is 0 Å². The Hall–Kier alpha value is -2.60. The molecule has 0 aliphatic heterocycles. The largest absolute Gasteiger partial charge is 0.449 e. The predicted molar refractivity (Wildman–Crippen MR) is 96.0 cm³/mol. The highest BCUT2D eigenvalue weighted by atomic mass is 35.5. The molecule has 0 saturated heterocycles. The highest BCUT2D eigenvalue weighted by Gasteiger charge is 2.14. The number of amides is 1. The number of ether oxygens (including phenoxy) is 1. The van der Waals surface area contributed by atoms with Crippen LogP contribution in [0.2, 0.25) is 5.02 Å². The first-order valence-corrected chi connectivity index (χ1v) is 8.12. The summed E-state index contributed by atoms with van der Waals surface area (Å²) in [6.45, 7) is 5.72. The molecule has 0 unspecified atom stereocenters. The molecule has 1 atom stereocenters. The van der Waals surface area contributed by atoms with Gasteiger partial charge in [-0.15, -0.1) is 0 Å². The molecule has 0 radical (unpaired) electrons. The standard InChI is InChI=1S/C18H20ClN3O3/c1-11-15(8-9-17(23)25-13(3)18(20)24)12(2)22(21-11)10-14-6-4-5-7-16(14)19/h4-9,13H,10H2,1-3H3,(H2,20,24)/b9-8+/t13-/m0/s1. The van der Waals surface area contributed by atoms with Crippen LogP contribution in [0.1, 0.15) is 29.4 Å². The maximum atomic E-state index is 11.7. The molecule has 6 nitrogen and oxygen atoms in total. The minimum absolute atomic E-state index is 0.531. The third-order valence-corrected chi connectivity index (χ3v) is 4.16. The van der Waals surface area contributed by atoms with E-state index in [1.165, 1.54) is 13.0 Å². The molecule has 1 aromatic heterocycles. The van der Waals surface area contributed by atoms with Crippen LogP contribution in [0.4, 0.5) is 0 Å². The first-order chi connectivity index (χ1) is 11.8. The summed E-state index contributed by atoms with van der Waals surface area (Å²) >= 11 is 6.20. The fourth-order valence-electron chi connectivity index (χ4n) is 2.32. The maximum Gasteiger partial charge on any atom is 0.331 e. The number of hydrogen-bond acceptors (Lipinski definition) is 4. The van der Waals surface area contributed by atoms with Gasteiger partial charge in [0.15, 0.2) is 6.10 Å². The van der Waals surface area contributed by atoms with Gasteiger partial charge in [0.25, 0.3) is 5.91 Å². The smallest absolute Gasteiger partial charge is 0.331 e. The molecule has 0 spiro atoms. The van der Waals surface area contributed by atoms with E-state index in [2.05, 4.69) is 5.10 Å². The normalized spacial score (nSPS) is 12.3. The molecular weight excluding hydrogens is 342 g/mol. The monoisotopic (exact) mass is 361 g/mol. The molecule has 0 fully saturated rings. The summed E-state index contributed by atoms with van der Waals surface area (Å²) in [6, 6.07) is 7.57. The fraction of sp³-hybridized carbons (Fsp3) is 0.278. The zero-order valence-electron chi connectivity index (χ0n) is 14.3. The van der Waals surface area contributed by atoms with Crippen molar-refractivity contribution in [2.24, 2.45) is 5.73 Å². The Morgan fingerprint density at radius 2 is 2.04 bits per heavy atom. The molecule has 0 aliphatic rings. The fourth-order valence-corrected chi connectivity index (χ4v) is 2.51. The van der Waals surface area contributed by atoms with Gasteiger partial charge in [0.05, 0.1) is 12.2 Å². The number of aromatic nitrogens is 2. The number of hydrogen-bond donors (Lipinski definition) is 1. The molecule has 0 bridgehead atoms. The SMILES string of the molecule is Cc1nn(Cc2ccccc2Cl)c(C)c1/C=C/C(=O)O[C@@H](C)C(N)=O. The summed E-state index contributed by atoms with van der Waals surface area (Å²) in [7, 11) is 0. The topological polar surface area (TPSA) is 87.2 Å². The molecule has 1 heterocycles. The highest BCUT2D eigenvalue weighted by Crippen LogP contribution is 2.20. The van der Waals surface area contributed by atoms with Crippen LogP contribution in [-0.2, 0) is 20.9 Å². The molecule has 2 N–H and O–H groups in total. The number of halogens is 1. The van der Waals surface area contributed by atoms with Crippen molar-refractivity contribution < 1.29 is 14.3 Å². The second-order valence-corrected chi connectivity index (χ2v) is 6.06. The van der Waals surface area contributed by atoms with E-state index in [-0.39, 0.29) is 0 Å². The summed E-state index contributed by atoms with van der Waals surface area (Å²) in [5.74, 6) is -1.33. The van der Waals surface area contributed by atoms with Crippen molar-refractivity contribution in [3.8, 4) is 0 Å². The first-order valence-electron chi connectivity index (χ1n) is 7.75. The Morgan fingerprint density at radius 1 is 1.36 bits per heavy atom. The van der Waals surface area contributed by atoms with E-state index in [0.717, 1.165) is 22.5 Å². The van der Waals surface area contributed by atoms with Crippen LogP contribution < -0.4 is 5.73 Å².